The van der Waals surface area contributed by atoms with Gasteiger partial charge in [-0.05, 0) is 36.6 Å². The molecule has 0 unspecified atom stereocenters. The van der Waals surface area contributed by atoms with E-state index in [1.165, 1.54) is 31.2 Å². The number of benzene rings is 3. The fourth-order valence-corrected chi connectivity index (χ4v) is 3.55. The van der Waals surface area contributed by atoms with Crippen molar-refractivity contribution in [2.75, 3.05) is 0 Å². The number of rotatable bonds is 9. The highest BCUT2D eigenvalue weighted by molar-refractivity contribution is 9.08. The molecular formula is C25H25BrN2O7. The van der Waals surface area contributed by atoms with Crippen LogP contribution in [0, 0.1) is 20.2 Å². The first-order valence-corrected chi connectivity index (χ1v) is 11.8. The summed E-state index contributed by atoms with van der Waals surface area (Å²) in [6, 6.07) is 15.9. The van der Waals surface area contributed by atoms with Crippen LogP contribution < -0.4 is 4.74 Å². The van der Waals surface area contributed by atoms with E-state index in [-0.39, 0.29) is 35.1 Å². The maximum Gasteiger partial charge on any atom is 0.269 e. The van der Waals surface area contributed by atoms with Gasteiger partial charge < -0.3 is 9.84 Å². The molecular weight excluding hydrogens is 520 g/mol. The van der Waals surface area contributed by atoms with E-state index in [0.29, 0.717) is 28.6 Å². The quantitative estimate of drug-likeness (QED) is 0.140. The van der Waals surface area contributed by atoms with Gasteiger partial charge >= 0.3 is 0 Å². The van der Waals surface area contributed by atoms with E-state index in [1.807, 2.05) is 13.0 Å². The van der Waals surface area contributed by atoms with Crippen LogP contribution in [-0.2, 0) is 18.4 Å². The molecule has 0 fully saturated rings. The molecule has 184 valence electrons. The summed E-state index contributed by atoms with van der Waals surface area (Å²) in [4.78, 5) is 31.8. The molecule has 0 aliphatic heterocycles. The van der Waals surface area contributed by atoms with Gasteiger partial charge in [-0.25, -0.2) is 0 Å². The fraction of sp³-hybridized carbons (Fsp3) is 0.240. The second kappa shape index (κ2) is 13.2. The van der Waals surface area contributed by atoms with Gasteiger partial charge in [-0.2, -0.15) is 0 Å². The normalized spacial score (nSPS) is 10.1. The van der Waals surface area contributed by atoms with Crippen LogP contribution >= 0.6 is 15.9 Å². The number of carbonyl (C=O) groups is 1. The Morgan fingerprint density at radius 1 is 0.971 bits per heavy atom. The molecule has 10 heteroatoms. The van der Waals surface area contributed by atoms with E-state index in [9.17, 15) is 30.1 Å². The molecule has 0 aliphatic rings. The molecule has 9 nitrogen and oxygen atoms in total. The topological polar surface area (TPSA) is 133 Å². The van der Waals surface area contributed by atoms with Gasteiger partial charge in [-0.1, -0.05) is 53.5 Å². The Labute approximate surface area is 210 Å². The lowest BCUT2D eigenvalue weighted by Gasteiger charge is -2.14. The molecule has 35 heavy (non-hydrogen) atoms. The Bertz CT molecular complexity index is 1210. The second-order valence-electron chi connectivity index (χ2n) is 7.52. The van der Waals surface area contributed by atoms with Crippen LogP contribution in [0.25, 0.3) is 0 Å². The molecule has 0 heterocycles. The monoisotopic (exact) mass is 544 g/mol. The van der Waals surface area contributed by atoms with Crippen molar-refractivity contribution in [3.63, 3.8) is 0 Å². The SMILES string of the molecule is CCCc1c(OCc2cccc([N+](=O)[O-])c2)ccc(C(C)=O)c1O.O=[N+]([O-])c1cccc(CBr)c1. The Morgan fingerprint density at radius 2 is 1.54 bits per heavy atom. The molecule has 0 aromatic heterocycles. The summed E-state index contributed by atoms with van der Waals surface area (Å²) in [6.07, 6.45) is 1.35. The van der Waals surface area contributed by atoms with Gasteiger partial charge in [0.05, 0.1) is 15.4 Å². The number of ketones is 1. The number of hydrogen-bond donors (Lipinski definition) is 1. The number of alkyl halides is 1. The van der Waals surface area contributed by atoms with Crippen molar-refractivity contribution >= 4 is 33.1 Å². The number of ether oxygens (including phenoxy) is 1. The third kappa shape index (κ3) is 7.89. The predicted octanol–water partition coefficient (Wildman–Crippen LogP) is 6.52. The van der Waals surface area contributed by atoms with Crippen LogP contribution in [0.1, 0.15) is 47.3 Å². The Morgan fingerprint density at radius 3 is 2.06 bits per heavy atom. The molecule has 0 bridgehead atoms. The number of nitro groups is 2. The highest BCUT2D eigenvalue weighted by Gasteiger charge is 2.16. The van der Waals surface area contributed by atoms with Gasteiger partial charge in [-0.15, -0.1) is 0 Å². The molecule has 0 saturated heterocycles. The summed E-state index contributed by atoms with van der Waals surface area (Å²) in [5.74, 6) is 0.210. The molecule has 0 radical (unpaired) electrons. The van der Waals surface area contributed by atoms with Crippen molar-refractivity contribution in [3.8, 4) is 11.5 Å². The van der Waals surface area contributed by atoms with Crippen LogP contribution in [0.3, 0.4) is 0 Å². The molecule has 0 atom stereocenters. The third-order valence-electron chi connectivity index (χ3n) is 4.91. The minimum Gasteiger partial charge on any atom is -0.507 e. The van der Waals surface area contributed by atoms with Crippen LogP contribution in [0.15, 0.2) is 60.7 Å². The van der Waals surface area contributed by atoms with Crippen molar-refractivity contribution in [3.05, 3.63) is 103 Å². The van der Waals surface area contributed by atoms with Crippen molar-refractivity contribution in [1.82, 2.24) is 0 Å². The van der Waals surface area contributed by atoms with Gasteiger partial charge in [0.2, 0.25) is 0 Å². The minimum absolute atomic E-state index is 0.000318. The minimum atomic E-state index is -0.459. The molecule has 3 aromatic carbocycles. The number of nitrogens with zero attached hydrogens (tertiary/aromatic N) is 2. The fourth-order valence-electron chi connectivity index (χ4n) is 3.20. The third-order valence-corrected chi connectivity index (χ3v) is 5.56. The summed E-state index contributed by atoms with van der Waals surface area (Å²) in [6.45, 7) is 3.50. The highest BCUT2D eigenvalue weighted by atomic mass is 79.9. The average molecular weight is 545 g/mol. The van der Waals surface area contributed by atoms with E-state index >= 15 is 0 Å². The number of Topliss-reactive ketones (excluding diaryl/α,β-unsaturated/α-hetero) is 1. The average Bonchev–Trinajstić information content (AvgIpc) is 2.84. The van der Waals surface area contributed by atoms with Gasteiger partial charge in [0.15, 0.2) is 5.78 Å². The first-order chi connectivity index (χ1) is 16.7. The summed E-state index contributed by atoms with van der Waals surface area (Å²) >= 11 is 3.22. The maximum absolute atomic E-state index is 11.5. The second-order valence-corrected chi connectivity index (χ2v) is 8.08. The summed E-state index contributed by atoms with van der Waals surface area (Å²) in [7, 11) is 0. The van der Waals surface area contributed by atoms with Crippen LogP contribution in [0.4, 0.5) is 11.4 Å². The lowest BCUT2D eigenvalue weighted by molar-refractivity contribution is -0.385. The Kier molecular flexibility index (Phi) is 10.3. The van der Waals surface area contributed by atoms with Gasteiger partial charge in [-0.3, -0.25) is 25.0 Å². The van der Waals surface area contributed by atoms with Crippen molar-refractivity contribution in [2.45, 2.75) is 38.6 Å². The van der Waals surface area contributed by atoms with E-state index < -0.39 is 9.85 Å². The summed E-state index contributed by atoms with van der Waals surface area (Å²) in [5.41, 5.74) is 2.55. The largest absolute Gasteiger partial charge is 0.507 e. The summed E-state index contributed by atoms with van der Waals surface area (Å²) < 4.78 is 5.73. The maximum atomic E-state index is 11.5. The highest BCUT2D eigenvalue weighted by Crippen LogP contribution is 2.33. The van der Waals surface area contributed by atoms with E-state index in [4.69, 9.17) is 4.74 Å². The standard InChI is InChI=1S/C18H19NO5.C7H6BrNO2/c1-3-5-16-17(9-8-15(12(2)20)18(16)21)24-11-13-6-4-7-14(10-13)19(22)23;8-5-6-2-1-3-7(4-6)9(10)11/h4,6-10,21H,3,5,11H2,1-2H3;1-4H,5H2. The molecule has 0 aliphatic carbocycles. The van der Waals surface area contributed by atoms with E-state index in [2.05, 4.69) is 15.9 Å². The molecule has 1 N–H and O–H groups in total. The number of halogens is 1. The molecule has 0 spiro atoms. The van der Waals surface area contributed by atoms with Crippen LogP contribution in [0.2, 0.25) is 0 Å². The predicted molar refractivity (Wildman–Crippen MR) is 135 cm³/mol. The van der Waals surface area contributed by atoms with Gasteiger partial charge in [0, 0.05) is 35.2 Å². The lowest BCUT2D eigenvalue weighted by Crippen LogP contribution is -2.02. The number of nitro benzene ring substituents is 2. The molecule has 3 rings (SSSR count). The van der Waals surface area contributed by atoms with E-state index in [1.54, 1.807) is 30.3 Å². The number of phenolic OH excluding ortho intramolecular Hbond substituents is 1. The van der Waals surface area contributed by atoms with Crippen molar-refractivity contribution in [1.29, 1.82) is 0 Å². The number of carbonyl (C=O) groups excluding carboxylic acids is 1. The molecule has 3 aromatic rings. The van der Waals surface area contributed by atoms with Gasteiger partial charge in [0.25, 0.3) is 11.4 Å². The number of hydrogen-bond acceptors (Lipinski definition) is 7. The van der Waals surface area contributed by atoms with E-state index in [0.717, 1.165) is 12.0 Å². The Balaban J connectivity index is 0.000000328. The van der Waals surface area contributed by atoms with Gasteiger partial charge in [0.1, 0.15) is 18.1 Å². The smallest absolute Gasteiger partial charge is 0.269 e. The summed E-state index contributed by atoms with van der Waals surface area (Å²) in [5, 5.41) is 32.0. The van der Waals surface area contributed by atoms with Crippen molar-refractivity contribution in [2.24, 2.45) is 0 Å². The lowest BCUT2D eigenvalue weighted by atomic mass is 10.0. The number of aromatic hydroxyl groups is 1. The van der Waals surface area contributed by atoms with Crippen molar-refractivity contribution < 1.29 is 24.5 Å². The molecule has 0 saturated carbocycles. The number of phenols is 1. The first-order valence-electron chi connectivity index (χ1n) is 10.7. The number of non-ortho nitro benzene ring substituents is 2. The zero-order valence-electron chi connectivity index (χ0n) is 19.3. The zero-order chi connectivity index (χ0) is 26.0. The Hall–Kier alpha value is -3.79. The van der Waals surface area contributed by atoms with Crippen LogP contribution in [-0.4, -0.2) is 20.7 Å². The first kappa shape index (κ1) is 27.5. The zero-order valence-corrected chi connectivity index (χ0v) is 20.9. The molecule has 0 amide bonds. The van der Waals surface area contributed by atoms with Crippen LogP contribution in [0.5, 0.6) is 11.5 Å².